The molecule has 2 aromatic rings. The van der Waals surface area contributed by atoms with Gasteiger partial charge in [-0.15, -0.1) is 11.3 Å². The summed E-state index contributed by atoms with van der Waals surface area (Å²) in [6, 6.07) is 4.06. The second-order valence-corrected chi connectivity index (χ2v) is 6.81. The molecular formula is C17H21N3OS. The maximum atomic E-state index is 12.6. The summed E-state index contributed by atoms with van der Waals surface area (Å²) in [6.07, 6.45) is 8.93. The zero-order chi connectivity index (χ0) is 15.4. The van der Waals surface area contributed by atoms with Gasteiger partial charge in [-0.25, -0.2) is 4.98 Å². The molecule has 0 bridgehead atoms. The van der Waals surface area contributed by atoms with Crippen molar-refractivity contribution < 1.29 is 4.79 Å². The highest BCUT2D eigenvalue weighted by Gasteiger charge is 2.22. The number of nitrogens with zero attached hydrogens (tertiary/aromatic N) is 3. The van der Waals surface area contributed by atoms with E-state index in [1.54, 1.807) is 11.3 Å². The molecule has 0 radical (unpaired) electrons. The summed E-state index contributed by atoms with van der Waals surface area (Å²) in [7, 11) is 0. The summed E-state index contributed by atoms with van der Waals surface area (Å²) < 4.78 is 0. The molecule has 3 rings (SSSR count). The quantitative estimate of drug-likeness (QED) is 0.870. The van der Waals surface area contributed by atoms with Crippen molar-refractivity contribution in [2.24, 2.45) is 0 Å². The minimum atomic E-state index is 0.171. The van der Waals surface area contributed by atoms with Crippen LogP contribution in [0.1, 0.15) is 45.2 Å². The highest BCUT2D eigenvalue weighted by Crippen LogP contribution is 2.23. The molecular weight excluding hydrogens is 294 g/mol. The Kier molecular flexibility index (Phi) is 4.83. The van der Waals surface area contributed by atoms with Crippen molar-refractivity contribution in [3.8, 4) is 0 Å². The summed E-state index contributed by atoms with van der Waals surface area (Å²) in [5.41, 5.74) is 2.14. The van der Waals surface area contributed by atoms with Gasteiger partial charge in [-0.1, -0.05) is 0 Å². The number of rotatable bonds is 4. The number of hydrogen-bond donors (Lipinski definition) is 0. The van der Waals surface area contributed by atoms with E-state index in [0.717, 1.165) is 54.4 Å². The molecule has 4 nitrogen and oxygen atoms in total. The van der Waals surface area contributed by atoms with Crippen LogP contribution in [-0.4, -0.2) is 33.9 Å². The molecule has 1 aliphatic rings. The molecule has 1 aliphatic heterocycles. The molecule has 22 heavy (non-hydrogen) atoms. The predicted octanol–water partition coefficient (Wildman–Crippen LogP) is 3.26. The van der Waals surface area contributed by atoms with Gasteiger partial charge in [0.25, 0.3) is 5.91 Å². The number of aromatic nitrogens is 2. The van der Waals surface area contributed by atoms with Gasteiger partial charge >= 0.3 is 0 Å². The Labute approximate surface area is 135 Å². The molecule has 2 aromatic heterocycles. The third kappa shape index (κ3) is 3.53. The minimum absolute atomic E-state index is 0.171. The Morgan fingerprint density at radius 1 is 1.18 bits per heavy atom. The highest BCUT2D eigenvalue weighted by molar-refractivity contribution is 7.13. The van der Waals surface area contributed by atoms with Gasteiger partial charge in [-0.3, -0.25) is 9.78 Å². The number of piperidine rings is 1. The van der Waals surface area contributed by atoms with Crippen LogP contribution in [-0.2, 0) is 12.8 Å². The van der Waals surface area contributed by atoms with Crippen LogP contribution in [0.3, 0.4) is 0 Å². The second kappa shape index (κ2) is 7.01. The Bertz CT molecular complexity index is 633. The minimum Gasteiger partial charge on any atom is -0.338 e. The van der Waals surface area contributed by atoms with E-state index in [1.807, 2.05) is 36.4 Å². The lowest BCUT2D eigenvalue weighted by Gasteiger charge is -2.26. The van der Waals surface area contributed by atoms with E-state index in [2.05, 4.69) is 9.97 Å². The first-order chi connectivity index (χ1) is 10.7. The van der Waals surface area contributed by atoms with Crippen LogP contribution < -0.4 is 0 Å². The molecule has 1 fully saturated rings. The summed E-state index contributed by atoms with van der Waals surface area (Å²) in [5.74, 6) is 0.171. The van der Waals surface area contributed by atoms with Crippen LogP contribution in [0.2, 0.25) is 0 Å². The van der Waals surface area contributed by atoms with Gasteiger partial charge in [-0.05, 0) is 50.3 Å². The Morgan fingerprint density at radius 2 is 1.91 bits per heavy atom. The van der Waals surface area contributed by atoms with Gasteiger partial charge in [0.2, 0.25) is 0 Å². The molecule has 0 aliphatic carbocycles. The van der Waals surface area contributed by atoms with Crippen molar-refractivity contribution in [2.45, 2.75) is 39.0 Å². The van der Waals surface area contributed by atoms with Crippen molar-refractivity contribution in [2.75, 3.05) is 13.1 Å². The summed E-state index contributed by atoms with van der Waals surface area (Å²) >= 11 is 1.56. The van der Waals surface area contributed by atoms with Gasteiger partial charge in [-0.2, -0.15) is 0 Å². The Balaban J connectivity index is 1.66. The molecule has 3 heterocycles. The van der Waals surface area contributed by atoms with E-state index in [0.29, 0.717) is 0 Å². The maximum absolute atomic E-state index is 12.6. The number of thiazole rings is 1. The van der Waals surface area contributed by atoms with Crippen LogP contribution in [0.4, 0.5) is 0 Å². The van der Waals surface area contributed by atoms with Crippen molar-refractivity contribution in [1.82, 2.24) is 14.9 Å². The smallest absolute Gasteiger partial charge is 0.265 e. The molecule has 0 saturated carbocycles. The lowest BCUT2D eigenvalue weighted by atomic mass is 10.1. The standard InChI is InChI=1S/C17H21N3OS/c1-13-16(17(21)20-11-3-2-4-12-20)22-15(19-13)6-5-14-7-9-18-10-8-14/h7-10H,2-6,11-12H2,1H3. The third-order valence-electron chi connectivity index (χ3n) is 4.06. The predicted molar refractivity (Wildman–Crippen MR) is 88.3 cm³/mol. The van der Waals surface area contributed by atoms with E-state index in [-0.39, 0.29) is 5.91 Å². The number of amides is 1. The Hall–Kier alpha value is -1.75. The second-order valence-electron chi connectivity index (χ2n) is 5.73. The average Bonchev–Trinajstić information content (AvgIpc) is 2.95. The van der Waals surface area contributed by atoms with Crippen LogP contribution >= 0.6 is 11.3 Å². The first-order valence-corrected chi connectivity index (χ1v) is 8.70. The SMILES string of the molecule is Cc1nc(CCc2ccncc2)sc1C(=O)N1CCCCC1. The van der Waals surface area contributed by atoms with Crippen molar-refractivity contribution in [3.05, 3.63) is 45.7 Å². The largest absolute Gasteiger partial charge is 0.338 e. The lowest BCUT2D eigenvalue weighted by Crippen LogP contribution is -2.35. The number of carbonyl (C=O) groups excluding carboxylic acids is 1. The summed E-state index contributed by atoms with van der Waals surface area (Å²) in [6.45, 7) is 3.73. The molecule has 0 N–H and O–H groups in total. The summed E-state index contributed by atoms with van der Waals surface area (Å²) in [5, 5.41) is 1.05. The topological polar surface area (TPSA) is 46.1 Å². The molecule has 0 aromatic carbocycles. The monoisotopic (exact) mass is 315 g/mol. The van der Waals surface area contributed by atoms with E-state index in [1.165, 1.54) is 12.0 Å². The fraction of sp³-hybridized carbons (Fsp3) is 0.471. The van der Waals surface area contributed by atoms with Gasteiger partial charge in [0.1, 0.15) is 4.88 Å². The van der Waals surface area contributed by atoms with E-state index in [4.69, 9.17) is 0 Å². The molecule has 116 valence electrons. The number of carbonyl (C=O) groups is 1. The van der Waals surface area contributed by atoms with Crippen LogP contribution in [0.15, 0.2) is 24.5 Å². The molecule has 1 saturated heterocycles. The molecule has 0 spiro atoms. The van der Waals surface area contributed by atoms with Gasteiger partial charge in [0.15, 0.2) is 0 Å². The van der Waals surface area contributed by atoms with Gasteiger partial charge < -0.3 is 4.90 Å². The molecule has 5 heteroatoms. The third-order valence-corrected chi connectivity index (χ3v) is 5.26. The zero-order valence-electron chi connectivity index (χ0n) is 12.9. The zero-order valence-corrected chi connectivity index (χ0v) is 13.7. The molecule has 1 amide bonds. The summed E-state index contributed by atoms with van der Waals surface area (Å²) in [4.78, 5) is 24.0. The fourth-order valence-electron chi connectivity index (χ4n) is 2.80. The van der Waals surface area contributed by atoms with Crippen molar-refractivity contribution >= 4 is 17.2 Å². The average molecular weight is 315 g/mol. The van der Waals surface area contributed by atoms with Crippen LogP contribution in [0.5, 0.6) is 0 Å². The first-order valence-electron chi connectivity index (χ1n) is 7.88. The number of likely N-dealkylation sites (tertiary alicyclic amines) is 1. The first kappa shape index (κ1) is 15.2. The fourth-order valence-corrected chi connectivity index (χ4v) is 3.83. The number of pyridine rings is 1. The van der Waals surface area contributed by atoms with Crippen molar-refractivity contribution in [3.63, 3.8) is 0 Å². The normalized spacial score (nSPS) is 15.0. The Morgan fingerprint density at radius 3 is 2.64 bits per heavy atom. The lowest BCUT2D eigenvalue weighted by molar-refractivity contribution is 0.0728. The van der Waals surface area contributed by atoms with Gasteiger partial charge in [0, 0.05) is 31.9 Å². The number of hydrogen-bond acceptors (Lipinski definition) is 4. The van der Waals surface area contributed by atoms with E-state index < -0.39 is 0 Å². The molecule has 0 atom stereocenters. The maximum Gasteiger partial charge on any atom is 0.265 e. The molecule has 0 unspecified atom stereocenters. The van der Waals surface area contributed by atoms with E-state index >= 15 is 0 Å². The highest BCUT2D eigenvalue weighted by atomic mass is 32.1. The van der Waals surface area contributed by atoms with Crippen LogP contribution in [0, 0.1) is 6.92 Å². The van der Waals surface area contributed by atoms with Gasteiger partial charge in [0.05, 0.1) is 10.7 Å². The van der Waals surface area contributed by atoms with Crippen molar-refractivity contribution in [1.29, 1.82) is 0 Å². The number of aryl methyl sites for hydroxylation is 3. The van der Waals surface area contributed by atoms with Crippen LogP contribution in [0.25, 0.3) is 0 Å². The van der Waals surface area contributed by atoms with E-state index in [9.17, 15) is 4.79 Å².